The number of aliphatic hydroxyl groups is 1. The van der Waals surface area contributed by atoms with Gasteiger partial charge in [-0.3, -0.25) is 4.79 Å². The van der Waals surface area contributed by atoms with Gasteiger partial charge in [-0.05, 0) is 17.3 Å². The summed E-state index contributed by atoms with van der Waals surface area (Å²) in [5.74, 6) is -1.05. The molecule has 1 N–H and O–H groups in total. The number of hydrogen-bond acceptors (Lipinski definition) is 4. The molecular formula is C10H8ClNO3. The lowest BCUT2D eigenvalue weighted by molar-refractivity contribution is -0.113. The van der Waals surface area contributed by atoms with Gasteiger partial charge in [-0.1, -0.05) is 23.7 Å². The van der Waals surface area contributed by atoms with Crippen LogP contribution < -0.4 is 0 Å². The fourth-order valence-corrected chi connectivity index (χ4v) is 1.24. The highest BCUT2D eigenvalue weighted by atomic mass is 35.5. The minimum Gasteiger partial charge on any atom is -0.505 e. The zero-order valence-corrected chi connectivity index (χ0v) is 8.65. The largest absolute Gasteiger partial charge is 0.505 e. The molecule has 5 heteroatoms. The third kappa shape index (κ3) is 2.63. The first-order valence-electron chi connectivity index (χ1n) is 4.09. The topological polar surface area (TPSA) is 66.7 Å². The van der Waals surface area contributed by atoms with E-state index in [0.717, 1.165) is 6.92 Å². The molecule has 0 aromatic heterocycles. The van der Waals surface area contributed by atoms with Crippen molar-refractivity contribution in [2.75, 3.05) is 0 Å². The Morgan fingerprint density at radius 1 is 1.47 bits per heavy atom. The normalized spacial score (nSPS) is 11.9. The first-order chi connectivity index (χ1) is 7.06. The van der Waals surface area contributed by atoms with Crippen molar-refractivity contribution >= 4 is 23.1 Å². The molecular weight excluding hydrogens is 218 g/mol. The fraction of sp³-hybridized carbons (Fsp3) is 0.100. The van der Waals surface area contributed by atoms with Gasteiger partial charge >= 0.3 is 0 Å². The van der Waals surface area contributed by atoms with Crippen molar-refractivity contribution in [2.24, 2.45) is 5.18 Å². The number of halogens is 1. The van der Waals surface area contributed by atoms with Crippen molar-refractivity contribution in [1.82, 2.24) is 0 Å². The monoisotopic (exact) mass is 225 g/mol. The summed E-state index contributed by atoms with van der Waals surface area (Å²) in [6.45, 7) is 1.15. The smallest absolute Gasteiger partial charge is 0.192 e. The maximum Gasteiger partial charge on any atom is 0.192 e. The minimum absolute atomic E-state index is 0.285. The van der Waals surface area contributed by atoms with E-state index < -0.39 is 17.2 Å². The summed E-state index contributed by atoms with van der Waals surface area (Å²) in [4.78, 5) is 21.3. The molecule has 0 unspecified atom stereocenters. The van der Waals surface area contributed by atoms with Gasteiger partial charge in [0.25, 0.3) is 0 Å². The summed E-state index contributed by atoms with van der Waals surface area (Å²) in [6.07, 6.45) is 0. The van der Waals surface area contributed by atoms with E-state index in [4.69, 9.17) is 11.6 Å². The van der Waals surface area contributed by atoms with E-state index >= 15 is 0 Å². The number of nitrogens with zero attached hydrogens (tertiary/aromatic N) is 1. The van der Waals surface area contributed by atoms with E-state index in [9.17, 15) is 14.8 Å². The summed E-state index contributed by atoms with van der Waals surface area (Å²) >= 11 is 5.69. The number of nitroso groups, excluding NO2 is 1. The number of benzene rings is 1. The standard InChI is InChI=1S/C10H8ClNO3/c1-6(13)9(12-15)10(14)7-3-2-4-8(11)5-7/h2-5,14H,1H3. The average molecular weight is 226 g/mol. The molecule has 1 aromatic carbocycles. The molecule has 0 atom stereocenters. The van der Waals surface area contributed by atoms with Crippen LogP contribution in [0.4, 0.5) is 0 Å². The van der Waals surface area contributed by atoms with Crippen molar-refractivity contribution in [3.63, 3.8) is 0 Å². The van der Waals surface area contributed by atoms with Crippen LogP contribution in [0.5, 0.6) is 0 Å². The van der Waals surface area contributed by atoms with Crippen LogP contribution >= 0.6 is 11.6 Å². The van der Waals surface area contributed by atoms with Crippen molar-refractivity contribution in [3.8, 4) is 0 Å². The molecule has 0 saturated heterocycles. The fourth-order valence-electron chi connectivity index (χ4n) is 1.05. The number of allylic oxidation sites excluding steroid dienone is 1. The average Bonchev–Trinajstić information content (AvgIpc) is 2.18. The van der Waals surface area contributed by atoms with E-state index in [2.05, 4.69) is 5.18 Å². The summed E-state index contributed by atoms with van der Waals surface area (Å²) in [7, 11) is 0. The maximum absolute atomic E-state index is 10.9. The molecule has 0 amide bonds. The highest BCUT2D eigenvalue weighted by Gasteiger charge is 2.13. The molecule has 0 spiro atoms. The van der Waals surface area contributed by atoms with Crippen molar-refractivity contribution < 1.29 is 9.90 Å². The van der Waals surface area contributed by atoms with Crippen molar-refractivity contribution in [2.45, 2.75) is 6.92 Å². The number of Topliss-reactive ketones (excluding diaryl/α,β-unsaturated/α-hetero) is 1. The molecule has 0 aliphatic heterocycles. The van der Waals surface area contributed by atoms with Crippen LogP contribution in [0.15, 0.2) is 35.1 Å². The van der Waals surface area contributed by atoms with E-state index in [1.807, 2.05) is 0 Å². The summed E-state index contributed by atoms with van der Waals surface area (Å²) in [5, 5.41) is 12.5. The van der Waals surface area contributed by atoms with Crippen LogP contribution in [0.2, 0.25) is 5.02 Å². The Kier molecular flexibility index (Phi) is 3.57. The Bertz CT molecular complexity index is 440. The Morgan fingerprint density at radius 3 is 2.60 bits per heavy atom. The van der Waals surface area contributed by atoms with Crippen LogP contribution in [0.1, 0.15) is 12.5 Å². The molecule has 0 fully saturated rings. The molecule has 0 heterocycles. The summed E-state index contributed by atoms with van der Waals surface area (Å²) in [5.41, 5.74) is -0.218. The first-order valence-corrected chi connectivity index (χ1v) is 4.47. The SMILES string of the molecule is CC(=O)C(N=O)=C(O)c1cccc(Cl)c1. The molecule has 0 aliphatic rings. The molecule has 0 aliphatic carbocycles. The Labute approximate surface area is 91.2 Å². The second kappa shape index (κ2) is 4.70. The molecule has 1 aromatic rings. The lowest BCUT2D eigenvalue weighted by Crippen LogP contribution is -1.98. The van der Waals surface area contributed by atoms with Crippen LogP contribution in [-0.4, -0.2) is 10.9 Å². The van der Waals surface area contributed by atoms with Crippen molar-refractivity contribution in [1.29, 1.82) is 0 Å². The van der Waals surface area contributed by atoms with E-state index in [1.165, 1.54) is 12.1 Å². The summed E-state index contributed by atoms with van der Waals surface area (Å²) in [6, 6.07) is 6.16. The molecule has 4 nitrogen and oxygen atoms in total. The molecule has 78 valence electrons. The highest BCUT2D eigenvalue weighted by molar-refractivity contribution is 6.30. The minimum atomic E-state index is -0.595. The number of ketones is 1. The second-order valence-electron chi connectivity index (χ2n) is 2.86. The number of aliphatic hydroxyl groups excluding tert-OH is 1. The number of rotatable bonds is 3. The highest BCUT2D eigenvalue weighted by Crippen LogP contribution is 2.20. The second-order valence-corrected chi connectivity index (χ2v) is 3.29. The molecule has 0 bridgehead atoms. The Balaban J connectivity index is 3.28. The van der Waals surface area contributed by atoms with Gasteiger partial charge in [0, 0.05) is 17.5 Å². The van der Waals surface area contributed by atoms with Gasteiger partial charge < -0.3 is 5.11 Å². The third-order valence-corrected chi connectivity index (χ3v) is 1.98. The zero-order chi connectivity index (χ0) is 11.4. The van der Waals surface area contributed by atoms with E-state index in [1.54, 1.807) is 12.1 Å². The predicted octanol–water partition coefficient (Wildman–Crippen LogP) is 2.92. The summed E-state index contributed by atoms with van der Waals surface area (Å²) < 4.78 is 0. The van der Waals surface area contributed by atoms with Crippen LogP contribution in [0, 0.1) is 4.91 Å². The van der Waals surface area contributed by atoms with Gasteiger partial charge in [0.05, 0.1) is 0 Å². The van der Waals surface area contributed by atoms with Crippen LogP contribution in [0.3, 0.4) is 0 Å². The van der Waals surface area contributed by atoms with Gasteiger partial charge in [0.1, 0.15) is 0 Å². The van der Waals surface area contributed by atoms with Crippen LogP contribution in [-0.2, 0) is 4.79 Å². The van der Waals surface area contributed by atoms with Gasteiger partial charge in [0.15, 0.2) is 17.2 Å². The molecule has 15 heavy (non-hydrogen) atoms. The van der Waals surface area contributed by atoms with Gasteiger partial charge in [-0.2, -0.15) is 0 Å². The first kappa shape index (κ1) is 11.4. The number of hydrogen-bond donors (Lipinski definition) is 1. The lowest BCUT2D eigenvalue weighted by atomic mass is 10.1. The Hall–Kier alpha value is -1.68. The van der Waals surface area contributed by atoms with Crippen molar-refractivity contribution in [3.05, 3.63) is 45.5 Å². The van der Waals surface area contributed by atoms with Gasteiger partial charge in [-0.25, -0.2) is 0 Å². The van der Waals surface area contributed by atoms with Gasteiger partial charge in [0.2, 0.25) is 0 Å². The maximum atomic E-state index is 10.9. The molecule has 0 saturated carbocycles. The number of carbonyl (C=O) groups is 1. The Morgan fingerprint density at radius 2 is 2.13 bits per heavy atom. The zero-order valence-electron chi connectivity index (χ0n) is 7.90. The molecule has 0 radical (unpaired) electrons. The van der Waals surface area contributed by atoms with Crippen LogP contribution in [0.25, 0.3) is 5.76 Å². The number of carbonyl (C=O) groups excluding carboxylic acids is 1. The van der Waals surface area contributed by atoms with E-state index in [-0.39, 0.29) is 5.56 Å². The molecule has 1 rings (SSSR count). The van der Waals surface area contributed by atoms with E-state index in [0.29, 0.717) is 5.02 Å². The predicted molar refractivity (Wildman–Crippen MR) is 57.5 cm³/mol. The quantitative estimate of drug-likeness (QED) is 0.489. The van der Waals surface area contributed by atoms with Gasteiger partial charge in [-0.15, -0.1) is 4.91 Å². The third-order valence-electron chi connectivity index (χ3n) is 1.75. The lowest BCUT2D eigenvalue weighted by Gasteiger charge is -2.01.